The third-order valence-electron chi connectivity index (χ3n) is 2.66. The fourth-order valence-electron chi connectivity index (χ4n) is 1.80. The normalized spacial score (nSPS) is 10.7. The van der Waals surface area contributed by atoms with Crippen LogP contribution in [0, 0.1) is 0 Å². The van der Waals surface area contributed by atoms with Crippen molar-refractivity contribution in [2.75, 3.05) is 18.5 Å². The standard InChI is InChI=1S/C12H13Cl2N3S/c1-3-6-17(2)10-5-4-8(13)11(12(10)14)9-7-15-18-16-9/h4-5,7H,3,6H2,1-2H3. The fourth-order valence-corrected chi connectivity index (χ4v) is 2.93. The van der Waals surface area contributed by atoms with Crippen LogP contribution in [0.25, 0.3) is 11.3 Å². The van der Waals surface area contributed by atoms with Crippen LogP contribution in [-0.4, -0.2) is 22.3 Å². The second kappa shape index (κ2) is 5.87. The minimum Gasteiger partial charge on any atom is -0.373 e. The van der Waals surface area contributed by atoms with E-state index in [1.54, 1.807) is 6.20 Å². The predicted octanol–water partition coefficient (Wildman–Crippen LogP) is 4.36. The van der Waals surface area contributed by atoms with Gasteiger partial charge in [0.25, 0.3) is 0 Å². The van der Waals surface area contributed by atoms with E-state index in [0.29, 0.717) is 10.0 Å². The van der Waals surface area contributed by atoms with Crippen LogP contribution in [0.4, 0.5) is 5.69 Å². The van der Waals surface area contributed by atoms with Gasteiger partial charge < -0.3 is 4.90 Å². The van der Waals surface area contributed by atoms with Gasteiger partial charge in [-0.1, -0.05) is 30.1 Å². The van der Waals surface area contributed by atoms with E-state index in [1.807, 2.05) is 19.2 Å². The van der Waals surface area contributed by atoms with Gasteiger partial charge in [-0.25, -0.2) is 0 Å². The van der Waals surface area contributed by atoms with Crippen molar-refractivity contribution in [3.8, 4) is 11.3 Å². The van der Waals surface area contributed by atoms with Gasteiger partial charge in [-0.3, -0.25) is 0 Å². The molecule has 0 fully saturated rings. The third-order valence-corrected chi connectivity index (χ3v) is 3.83. The summed E-state index contributed by atoms with van der Waals surface area (Å²) >= 11 is 13.8. The van der Waals surface area contributed by atoms with Crippen molar-refractivity contribution in [2.24, 2.45) is 0 Å². The summed E-state index contributed by atoms with van der Waals surface area (Å²) < 4.78 is 8.19. The highest BCUT2D eigenvalue weighted by atomic mass is 35.5. The lowest BCUT2D eigenvalue weighted by Crippen LogP contribution is -2.18. The molecule has 0 aliphatic rings. The average molecular weight is 302 g/mol. The van der Waals surface area contributed by atoms with Crippen molar-refractivity contribution in [3.63, 3.8) is 0 Å². The SMILES string of the molecule is CCCN(C)c1ccc(Cl)c(-c2cnsn2)c1Cl. The van der Waals surface area contributed by atoms with Gasteiger partial charge >= 0.3 is 0 Å². The lowest BCUT2D eigenvalue weighted by Gasteiger charge is -2.21. The third kappa shape index (κ3) is 2.60. The number of aromatic nitrogens is 2. The molecule has 0 saturated carbocycles. The van der Waals surface area contributed by atoms with E-state index in [4.69, 9.17) is 23.2 Å². The fraction of sp³-hybridized carbons (Fsp3) is 0.333. The summed E-state index contributed by atoms with van der Waals surface area (Å²) in [7, 11) is 2.02. The maximum Gasteiger partial charge on any atom is 0.107 e. The van der Waals surface area contributed by atoms with Crippen molar-refractivity contribution in [1.82, 2.24) is 8.75 Å². The van der Waals surface area contributed by atoms with E-state index >= 15 is 0 Å². The molecule has 1 aromatic carbocycles. The number of hydrogen-bond donors (Lipinski definition) is 0. The molecule has 0 unspecified atom stereocenters. The predicted molar refractivity (Wildman–Crippen MR) is 78.9 cm³/mol. The molecule has 0 bridgehead atoms. The number of rotatable bonds is 4. The Morgan fingerprint density at radius 1 is 1.33 bits per heavy atom. The lowest BCUT2D eigenvalue weighted by molar-refractivity contribution is 0.852. The van der Waals surface area contributed by atoms with Crippen LogP contribution in [0.2, 0.25) is 10.0 Å². The molecular formula is C12H13Cl2N3S. The van der Waals surface area contributed by atoms with Crippen molar-refractivity contribution in [1.29, 1.82) is 0 Å². The van der Waals surface area contributed by atoms with Gasteiger partial charge in [0, 0.05) is 19.2 Å². The first-order chi connectivity index (χ1) is 8.65. The Hall–Kier alpha value is -0.840. The van der Waals surface area contributed by atoms with E-state index in [0.717, 1.165) is 41.6 Å². The van der Waals surface area contributed by atoms with Crippen LogP contribution < -0.4 is 4.90 Å². The number of nitrogens with zero attached hydrogens (tertiary/aromatic N) is 3. The molecule has 0 aliphatic carbocycles. The Morgan fingerprint density at radius 2 is 2.11 bits per heavy atom. The highest BCUT2D eigenvalue weighted by molar-refractivity contribution is 6.99. The molecule has 6 heteroatoms. The largest absolute Gasteiger partial charge is 0.373 e. The van der Waals surface area contributed by atoms with E-state index in [1.165, 1.54) is 0 Å². The molecule has 0 radical (unpaired) electrons. The van der Waals surface area contributed by atoms with Crippen molar-refractivity contribution in [2.45, 2.75) is 13.3 Å². The summed E-state index contributed by atoms with van der Waals surface area (Å²) in [6, 6.07) is 3.78. The van der Waals surface area contributed by atoms with Gasteiger partial charge in [0.15, 0.2) is 0 Å². The summed E-state index contributed by atoms with van der Waals surface area (Å²) in [4.78, 5) is 2.11. The van der Waals surface area contributed by atoms with Crippen LogP contribution in [-0.2, 0) is 0 Å². The molecule has 0 amide bonds. The Morgan fingerprint density at radius 3 is 2.72 bits per heavy atom. The number of hydrogen-bond acceptors (Lipinski definition) is 4. The smallest absolute Gasteiger partial charge is 0.107 e. The van der Waals surface area contributed by atoms with Crippen molar-refractivity contribution in [3.05, 3.63) is 28.4 Å². The molecule has 0 N–H and O–H groups in total. The number of benzene rings is 1. The van der Waals surface area contributed by atoms with Crippen LogP contribution in [0.3, 0.4) is 0 Å². The summed E-state index contributed by atoms with van der Waals surface area (Å²) in [5.74, 6) is 0. The second-order valence-corrected chi connectivity index (χ2v) is 5.31. The van der Waals surface area contributed by atoms with Crippen LogP contribution >= 0.6 is 34.9 Å². The average Bonchev–Trinajstić information content (AvgIpc) is 2.83. The summed E-state index contributed by atoms with van der Waals surface area (Å²) in [6.07, 6.45) is 2.74. The van der Waals surface area contributed by atoms with Crippen LogP contribution in [0.5, 0.6) is 0 Å². The first kappa shape index (κ1) is 13.6. The maximum atomic E-state index is 6.45. The molecule has 0 saturated heterocycles. The van der Waals surface area contributed by atoms with Gasteiger partial charge in [0.2, 0.25) is 0 Å². The first-order valence-corrected chi connectivity index (χ1v) is 7.10. The number of anilines is 1. The van der Waals surface area contributed by atoms with E-state index in [2.05, 4.69) is 20.6 Å². The highest BCUT2D eigenvalue weighted by Gasteiger charge is 2.16. The molecule has 1 heterocycles. The molecule has 2 rings (SSSR count). The zero-order valence-electron chi connectivity index (χ0n) is 10.2. The monoisotopic (exact) mass is 301 g/mol. The van der Waals surface area contributed by atoms with Gasteiger partial charge in [-0.2, -0.15) is 8.75 Å². The van der Waals surface area contributed by atoms with Gasteiger partial charge in [-0.05, 0) is 18.6 Å². The molecule has 2 aromatic rings. The molecule has 1 aromatic heterocycles. The molecular weight excluding hydrogens is 289 g/mol. The minimum absolute atomic E-state index is 0.598. The van der Waals surface area contributed by atoms with Gasteiger partial charge in [0.1, 0.15) is 5.69 Å². The Balaban J connectivity index is 2.50. The van der Waals surface area contributed by atoms with Gasteiger partial charge in [0.05, 0.1) is 33.7 Å². The summed E-state index contributed by atoms with van der Waals surface area (Å²) in [5.41, 5.74) is 2.44. The van der Waals surface area contributed by atoms with Crippen LogP contribution in [0.1, 0.15) is 13.3 Å². The zero-order valence-corrected chi connectivity index (χ0v) is 12.5. The molecule has 0 spiro atoms. The molecule has 3 nitrogen and oxygen atoms in total. The Kier molecular flexibility index (Phi) is 4.43. The second-order valence-electron chi connectivity index (χ2n) is 3.97. The molecule has 18 heavy (non-hydrogen) atoms. The van der Waals surface area contributed by atoms with Crippen LogP contribution in [0.15, 0.2) is 18.3 Å². The maximum absolute atomic E-state index is 6.45. The number of halogens is 2. The lowest BCUT2D eigenvalue weighted by atomic mass is 10.1. The summed E-state index contributed by atoms with van der Waals surface area (Å²) in [5, 5.41) is 1.23. The van der Waals surface area contributed by atoms with E-state index in [-0.39, 0.29) is 0 Å². The van der Waals surface area contributed by atoms with E-state index < -0.39 is 0 Å². The molecule has 0 aliphatic heterocycles. The van der Waals surface area contributed by atoms with Crippen molar-refractivity contribution >= 4 is 40.6 Å². The quantitative estimate of drug-likeness (QED) is 0.840. The topological polar surface area (TPSA) is 29.0 Å². The Labute approximate surface area is 121 Å². The minimum atomic E-state index is 0.598. The zero-order chi connectivity index (χ0) is 13.1. The highest BCUT2D eigenvalue weighted by Crippen LogP contribution is 2.39. The molecule has 0 atom stereocenters. The molecule has 96 valence electrons. The van der Waals surface area contributed by atoms with Gasteiger partial charge in [-0.15, -0.1) is 0 Å². The first-order valence-electron chi connectivity index (χ1n) is 5.62. The van der Waals surface area contributed by atoms with Crippen molar-refractivity contribution < 1.29 is 0 Å². The van der Waals surface area contributed by atoms with E-state index in [9.17, 15) is 0 Å². The Bertz CT molecular complexity index is 528. The summed E-state index contributed by atoms with van der Waals surface area (Å²) in [6.45, 7) is 3.07.